The molecule has 0 atom stereocenters. The van der Waals surface area contributed by atoms with Crippen LogP contribution in [0.4, 0.5) is 4.79 Å². The van der Waals surface area contributed by atoms with Crippen molar-refractivity contribution >= 4 is 12.0 Å². The van der Waals surface area contributed by atoms with Crippen molar-refractivity contribution < 1.29 is 14.3 Å². The minimum Gasteiger partial charge on any atom is -0.448 e. The van der Waals surface area contributed by atoms with Crippen LogP contribution in [-0.2, 0) is 9.53 Å². The fourth-order valence-electron chi connectivity index (χ4n) is 1.95. The highest BCUT2D eigenvalue weighted by Gasteiger charge is 2.45. The highest BCUT2D eigenvalue weighted by Crippen LogP contribution is 2.39. The van der Waals surface area contributed by atoms with Crippen LogP contribution in [0.3, 0.4) is 0 Å². The van der Waals surface area contributed by atoms with Crippen molar-refractivity contribution in [2.24, 2.45) is 5.41 Å². The lowest BCUT2D eigenvalue weighted by atomic mass is 9.85. The van der Waals surface area contributed by atoms with E-state index in [1.807, 2.05) is 0 Å². The summed E-state index contributed by atoms with van der Waals surface area (Å²) in [6, 6.07) is 0. The van der Waals surface area contributed by atoms with Crippen molar-refractivity contribution in [3.05, 3.63) is 0 Å². The largest absolute Gasteiger partial charge is 0.448 e. The number of rotatable bonds is 0. The van der Waals surface area contributed by atoms with Gasteiger partial charge < -0.3 is 4.74 Å². The van der Waals surface area contributed by atoms with Gasteiger partial charge in [0.15, 0.2) is 0 Å². The highest BCUT2D eigenvalue weighted by molar-refractivity contribution is 5.97. The zero-order valence-corrected chi connectivity index (χ0v) is 6.76. The lowest BCUT2D eigenvalue weighted by molar-refractivity contribution is -0.135. The number of amides is 2. The third kappa shape index (κ3) is 0.983. The fourth-order valence-corrected chi connectivity index (χ4v) is 1.95. The first-order chi connectivity index (χ1) is 5.73. The first kappa shape index (κ1) is 7.58. The summed E-state index contributed by atoms with van der Waals surface area (Å²) in [5, 5.41) is 2.21. The monoisotopic (exact) mass is 169 g/mol. The Labute approximate surface area is 70.3 Å². The number of hydrogen-bond acceptors (Lipinski definition) is 3. The van der Waals surface area contributed by atoms with Crippen LogP contribution in [0.25, 0.3) is 0 Å². The van der Waals surface area contributed by atoms with Crippen molar-refractivity contribution in [2.45, 2.75) is 25.7 Å². The van der Waals surface area contributed by atoms with Crippen molar-refractivity contribution in [3.8, 4) is 0 Å². The standard InChI is InChI=1S/C8H11NO3/c10-6-8(3-1-2-4-8)5-12-7(11)9-6/h1-5H2,(H,9,10,11). The Morgan fingerprint density at radius 2 is 1.92 bits per heavy atom. The maximum absolute atomic E-state index is 11.4. The molecule has 2 rings (SSSR count). The predicted molar refractivity (Wildman–Crippen MR) is 40.4 cm³/mol. The average molecular weight is 169 g/mol. The minimum absolute atomic E-state index is 0.142. The molecular weight excluding hydrogens is 158 g/mol. The summed E-state index contributed by atoms with van der Waals surface area (Å²) in [5.41, 5.74) is -0.381. The molecule has 1 saturated carbocycles. The zero-order valence-electron chi connectivity index (χ0n) is 6.76. The average Bonchev–Trinajstić information content (AvgIpc) is 2.48. The lowest BCUT2D eigenvalue weighted by Crippen LogP contribution is -2.51. The molecule has 0 radical (unpaired) electrons. The third-order valence-corrected chi connectivity index (χ3v) is 2.74. The molecule has 1 heterocycles. The van der Waals surface area contributed by atoms with Gasteiger partial charge in [-0.05, 0) is 12.8 Å². The lowest BCUT2D eigenvalue weighted by Gasteiger charge is -2.30. The molecule has 1 aliphatic carbocycles. The number of cyclic esters (lactones) is 1. The summed E-state index contributed by atoms with van der Waals surface area (Å²) >= 11 is 0. The number of imide groups is 1. The Kier molecular flexibility index (Phi) is 1.56. The van der Waals surface area contributed by atoms with Crippen molar-refractivity contribution in [3.63, 3.8) is 0 Å². The van der Waals surface area contributed by atoms with Crippen LogP contribution in [0.5, 0.6) is 0 Å². The van der Waals surface area contributed by atoms with Crippen molar-refractivity contribution in [1.82, 2.24) is 5.32 Å². The van der Waals surface area contributed by atoms with E-state index in [1.54, 1.807) is 0 Å². The Morgan fingerprint density at radius 3 is 2.50 bits per heavy atom. The smallest absolute Gasteiger partial charge is 0.413 e. The molecule has 1 saturated heterocycles. The minimum atomic E-state index is -0.600. The topological polar surface area (TPSA) is 55.4 Å². The summed E-state index contributed by atoms with van der Waals surface area (Å²) in [6.45, 7) is 0.275. The molecule has 2 amide bonds. The Hall–Kier alpha value is -1.06. The third-order valence-electron chi connectivity index (χ3n) is 2.74. The van der Waals surface area contributed by atoms with Gasteiger partial charge in [-0.15, -0.1) is 0 Å². The van der Waals surface area contributed by atoms with Gasteiger partial charge in [-0.1, -0.05) is 12.8 Å². The molecule has 0 aromatic rings. The van der Waals surface area contributed by atoms with E-state index in [4.69, 9.17) is 4.74 Å². The maximum atomic E-state index is 11.4. The first-order valence-electron chi connectivity index (χ1n) is 4.21. The molecule has 0 aromatic carbocycles. The van der Waals surface area contributed by atoms with Gasteiger partial charge in [-0.3, -0.25) is 10.1 Å². The SMILES string of the molecule is O=C1NC(=O)C2(CCCC2)CO1. The summed E-state index contributed by atoms with van der Waals surface area (Å²) < 4.78 is 4.82. The van der Waals surface area contributed by atoms with Gasteiger partial charge in [-0.2, -0.15) is 0 Å². The van der Waals surface area contributed by atoms with Crippen molar-refractivity contribution in [2.75, 3.05) is 6.61 Å². The second kappa shape index (κ2) is 2.47. The highest BCUT2D eigenvalue weighted by atomic mass is 16.6. The van der Waals surface area contributed by atoms with Gasteiger partial charge >= 0.3 is 6.09 Å². The molecule has 12 heavy (non-hydrogen) atoms. The van der Waals surface area contributed by atoms with Crippen LogP contribution in [0.2, 0.25) is 0 Å². The van der Waals surface area contributed by atoms with E-state index < -0.39 is 6.09 Å². The van der Waals surface area contributed by atoms with Gasteiger partial charge in [0.1, 0.15) is 6.61 Å². The molecule has 1 aliphatic heterocycles. The molecule has 66 valence electrons. The molecule has 0 aromatic heterocycles. The van der Waals surface area contributed by atoms with Crippen LogP contribution in [-0.4, -0.2) is 18.6 Å². The van der Waals surface area contributed by atoms with Crippen LogP contribution in [0.1, 0.15) is 25.7 Å². The molecule has 0 bridgehead atoms. The van der Waals surface area contributed by atoms with Gasteiger partial charge in [0, 0.05) is 0 Å². The van der Waals surface area contributed by atoms with E-state index in [9.17, 15) is 9.59 Å². The van der Waals surface area contributed by atoms with Gasteiger partial charge in [0.25, 0.3) is 0 Å². The van der Waals surface area contributed by atoms with E-state index in [1.165, 1.54) is 0 Å². The number of carbonyl (C=O) groups is 2. The zero-order chi connectivity index (χ0) is 8.60. The van der Waals surface area contributed by atoms with Crippen LogP contribution in [0, 0.1) is 5.41 Å². The van der Waals surface area contributed by atoms with Gasteiger partial charge in [0.05, 0.1) is 5.41 Å². The number of ether oxygens (including phenoxy) is 1. The van der Waals surface area contributed by atoms with E-state index in [0.717, 1.165) is 25.7 Å². The fraction of sp³-hybridized carbons (Fsp3) is 0.750. The van der Waals surface area contributed by atoms with E-state index in [-0.39, 0.29) is 17.9 Å². The second-order valence-corrected chi connectivity index (χ2v) is 3.52. The Balaban J connectivity index is 2.16. The van der Waals surface area contributed by atoms with Crippen LogP contribution < -0.4 is 5.32 Å². The van der Waals surface area contributed by atoms with Gasteiger partial charge in [-0.25, -0.2) is 4.79 Å². The second-order valence-electron chi connectivity index (χ2n) is 3.52. The van der Waals surface area contributed by atoms with Crippen LogP contribution in [0.15, 0.2) is 0 Å². The molecule has 4 heteroatoms. The number of alkyl carbamates (subject to hydrolysis) is 1. The molecule has 2 fully saturated rings. The molecular formula is C8H11NO3. The Bertz CT molecular complexity index is 230. The number of hydrogen-bond donors (Lipinski definition) is 1. The molecule has 2 aliphatic rings. The summed E-state index contributed by atoms with van der Waals surface area (Å²) in [4.78, 5) is 22.1. The van der Waals surface area contributed by atoms with Crippen molar-refractivity contribution in [1.29, 1.82) is 0 Å². The first-order valence-corrected chi connectivity index (χ1v) is 4.21. The summed E-state index contributed by atoms with van der Waals surface area (Å²) in [6.07, 6.45) is 3.23. The maximum Gasteiger partial charge on any atom is 0.413 e. The molecule has 1 spiro atoms. The van der Waals surface area contributed by atoms with Crippen LogP contribution >= 0.6 is 0 Å². The predicted octanol–water partition coefficient (Wildman–Crippen LogP) is 0.813. The molecule has 1 N–H and O–H groups in total. The quantitative estimate of drug-likeness (QED) is 0.584. The van der Waals surface area contributed by atoms with Gasteiger partial charge in [0.2, 0.25) is 5.91 Å². The van der Waals surface area contributed by atoms with E-state index in [0.29, 0.717) is 0 Å². The normalized spacial score (nSPS) is 27.0. The number of nitrogens with one attached hydrogen (secondary N) is 1. The molecule has 4 nitrogen and oxygen atoms in total. The molecule has 0 unspecified atom stereocenters. The van der Waals surface area contributed by atoms with E-state index in [2.05, 4.69) is 5.32 Å². The summed E-state index contributed by atoms with van der Waals surface area (Å²) in [5.74, 6) is -0.142. The number of carbonyl (C=O) groups excluding carboxylic acids is 2. The summed E-state index contributed by atoms with van der Waals surface area (Å²) in [7, 11) is 0. The Morgan fingerprint density at radius 1 is 1.25 bits per heavy atom. The van der Waals surface area contributed by atoms with E-state index >= 15 is 0 Å².